The van der Waals surface area contributed by atoms with E-state index in [1.54, 1.807) is 49.8 Å². The maximum atomic E-state index is 13.3. The lowest BCUT2D eigenvalue weighted by Crippen LogP contribution is -2.46. The molecule has 3 rings (SSSR count). The topological polar surface area (TPSA) is 88.8 Å². The van der Waals surface area contributed by atoms with Crippen molar-refractivity contribution >= 4 is 28.5 Å². The SMILES string of the molecule is COc1cccc(C(=O)c2c(N(C=O)N(N)Cc3cccnc3)sc(C)c2C)c1. The number of hydrogen-bond acceptors (Lipinski definition) is 7. The zero-order valence-corrected chi connectivity index (χ0v) is 17.3. The van der Waals surface area contributed by atoms with Crippen LogP contribution in [0, 0.1) is 13.8 Å². The van der Waals surface area contributed by atoms with Crippen LogP contribution in [0.5, 0.6) is 5.75 Å². The first-order valence-corrected chi connectivity index (χ1v) is 9.72. The smallest absolute Gasteiger partial charge is 0.230 e. The van der Waals surface area contributed by atoms with Crippen LogP contribution < -0.4 is 15.6 Å². The molecule has 7 nitrogen and oxygen atoms in total. The van der Waals surface area contributed by atoms with Crippen LogP contribution >= 0.6 is 11.3 Å². The molecule has 0 spiro atoms. The molecule has 0 unspecified atom stereocenters. The van der Waals surface area contributed by atoms with E-state index in [4.69, 9.17) is 10.6 Å². The van der Waals surface area contributed by atoms with Crippen molar-refractivity contribution in [3.8, 4) is 5.75 Å². The van der Waals surface area contributed by atoms with Gasteiger partial charge in [0.1, 0.15) is 10.8 Å². The number of nitrogens with two attached hydrogens (primary N) is 1. The van der Waals surface area contributed by atoms with Crippen molar-refractivity contribution in [2.24, 2.45) is 5.84 Å². The quantitative estimate of drug-likeness (QED) is 0.265. The zero-order valence-electron chi connectivity index (χ0n) is 16.5. The fourth-order valence-corrected chi connectivity index (χ4v) is 4.06. The Morgan fingerprint density at radius 1 is 1.28 bits per heavy atom. The van der Waals surface area contributed by atoms with Crippen molar-refractivity contribution in [3.05, 3.63) is 75.9 Å². The molecule has 2 N–H and O–H groups in total. The summed E-state index contributed by atoms with van der Waals surface area (Å²) in [6, 6.07) is 10.6. The number of anilines is 1. The number of carbonyl (C=O) groups is 2. The first-order chi connectivity index (χ1) is 14.0. The van der Waals surface area contributed by atoms with E-state index in [0.717, 1.165) is 16.0 Å². The van der Waals surface area contributed by atoms with Crippen LogP contribution in [-0.4, -0.2) is 29.4 Å². The molecule has 2 aromatic heterocycles. The number of aromatic nitrogens is 1. The van der Waals surface area contributed by atoms with Crippen molar-refractivity contribution in [1.82, 2.24) is 10.1 Å². The lowest BCUT2D eigenvalue weighted by atomic mass is 10.0. The normalized spacial score (nSPS) is 10.8. The molecule has 0 saturated heterocycles. The summed E-state index contributed by atoms with van der Waals surface area (Å²) in [5, 5.41) is 3.02. The Balaban J connectivity index is 1.99. The van der Waals surface area contributed by atoms with E-state index in [1.807, 2.05) is 19.9 Å². The molecule has 3 aromatic rings. The fraction of sp³-hybridized carbons (Fsp3) is 0.190. The van der Waals surface area contributed by atoms with E-state index >= 15 is 0 Å². The Morgan fingerprint density at radius 2 is 2.07 bits per heavy atom. The van der Waals surface area contributed by atoms with Crippen LogP contribution in [0.4, 0.5) is 5.00 Å². The molecule has 8 heteroatoms. The maximum absolute atomic E-state index is 13.3. The second-order valence-corrected chi connectivity index (χ2v) is 7.64. The first-order valence-electron chi connectivity index (χ1n) is 8.90. The lowest BCUT2D eigenvalue weighted by molar-refractivity contribution is -0.110. The van der Waals surface area contributed by atoms with Gasteiger partial charge in [-0.3, -0.25) is 14.6 Å². The Kier molecular flexibility index (Phi) is 6.38. The number of ketones is 1. The number of rotatable bonds is 8. The number of hydrogen-bond donors (Lipinski definition) is 1. The van der Waals surface area contributed by atoms with E-state index in [2.05, 4.69) is 4.98 Å². The van der Waals surface area contributed by atoms with Gasteiger partial charge in [-0.1, -0.05) is 18.2 Å². The molecular formula is C21H22N4O3S. The predicted molar refractivity (Wildman–Crippen MR) is 113 cm³/mol. The van der Waals surface area contributed by atoms with Gasteiger partial charge in [0.05, 0.1) is 19.2 Å². The monoisotopic (exact) mass is 410 g/mol. The molecule has 0 atom stereocenters. The molecule has 1 amide bonds. The fourth-order valence-electron chi connectivity index (χ4n) is 2.93. The van der Waals surface area contributed by atoms with E-state index in [0.29, 0.717) is 28.3 Å². The molecule has 0 bridgehead atoms. The minimum absolute atomic E-state index is 0.192. The second kappa shape index (κ2) is 8.95. The number of hydrazine groups is 2. The number of thiophene rings is 1. The molecule has 150 valence electrons. The highest BCUT2D eigenvalue weighted by molar-refractivity contribution is 7.16. The minimum Gasteiger partial charge on any atom is -0.497 e. The molecule has 1 aromatic carbocycles. The van der Waals surface area contributed by atoms with Crippen molar-refractivity contribution in [3.63, 3.8) is 0 Å². The number of pyridine rings is 1. The summed E-state index contributed by atoms with van der Waals surface area (Å²) in [7, 11) is 1.55. The van der Waals surface area contributed by atoms with Crippen LogP contribution in [0.2, 0.25) is 0 Å². The van der Waals surface area contributed by atoms with Crippen LogP contribution in [0.3, 0.4) is 0 Å². The van der Waals surface area contributed by atoms with Gasteiger partial charge < -0.3 is 4.74 Å². The number of methoxy groups -OCH3 is 1. The number of aryl methyl sites for hydroxylation is 1. The Bertz CT molecular complexity index is 1020. The summed E-state index contributed by atoms with van der Waals surface area (Å²) in [5.41, 5.74) is 2.59. The third-order valence-corrected chi connectivity index (χ3v) is 5.77. The minimum atomic E-state index is -0.192. The van der Waals surface area contributed by atoms with Gasteiger partial charge in [-0.15, -0.1) is 16.5 Å². The van der Waals surface area contributed by atoms with Crippen molar-refractivity contribution < 1.29 is 14.3 Å². The molecule has 0 aliphatic carbocycles. The first kappa shape index (κ1) is 20.7. The number of ether oxygens (including phenoxy) is 1. The highest BCUT2D eigenvalue weighted by atomic mass is 32.1. The lowest BCUT2D eigenvalue weighted by Gasteiger charge is -2.27. The highest BCUT2D eigenvalue weighted by Crippen LogP contribution is 2.37. The van der Waals surface area contributed by atoms with Crippen molar-refractivity contribution in [2.75, 3.05) is 12.1 Å². The molecule has 0 aliphatic heterocycles. The van der Waals surface area contributed by atoms with Crippen molar-refractivity contribution in [1.29, 1.82) is 0 Å². The molecule has 0 saturated carbocycles. The van der Waals surface area contributed by atoms with Gasteiger partial charge in [-0.2, -0.15) is 0 Å². The van der Waals surface area contributed by atoms with E-state index in [9.17, 15) is 9.59 Å². The van der Waals surface area contributed by atoms with Gasteiger partial charge in [0, 0.05) is 22.8 Å². The van der Waals surface area contributed by atoms with Gasteiger partial charge in [0.15, 0.2) is 5.78 Å². The summed E-state index contributed by atoms with van der Waals surface area (Å²) < 4.78 is 5.23. The second-order valence-electron chi connectivity index (χ2n) is 6.43. The van der Waals surface area contributed by atoms with Gasteiger partial charge in [-0.05, 0) is 43.2 Å². The van der Waals surface area contributed by atoms with Gasteiger partial charge in [0.2, 0.25) is 6.41 Å². The van der Waals surface area contributed by atoms with Gasteiger partial charge in [0.25, 0.3) is 0 Å². The Morgan fingerprint density at radius 3 is 2.72 bits per heavy atom. The third-order valence-electron chi connectivity index (χ3n) is 4.58. The average molecular weight is 410 g/mol. The molecule has 2 heterocycles. The molecular weight excluding hydrogens is 388 g/mol. The number of amides is 1. The van der Waals surface area contributed by atoms with Crippen molar-refractivity contribution in [2.45, 2.75) is 20.4 Å². The summed E-state index contributed by atoms with van der Waals surface area (Å²) in [6.45, 7) is 4.04. The van der Waals surface area contributed by atoms with E-state index < -0.39 is 0 Å². The Hall–Kier alpha value is -3.07. The number of nitrogens with zero attached hydrogens (tertiary/aromatic N) is 3. The maximum Gasteiger partial charge on any atom is 0.230 e. The average Bonchev–Trinajstić information content (AvgIpc) is 3.03. The zero-order chi connectivity index (χ0) is 21.0. The molecule has 0 fully saturated rings. The largest absolute Gasteiger partial charge is 0.497 e. The Labute approximate surface area is 173 Å². The molecule has 29 heavy (non-hydrogen) atoms. The summed E-state index contributed by atoms with van der Waals surface area (Å²) >= 11 is 1.35. The molecule has 0 aliphatic rings. The van der Waals surface area contributed by atoms with E-state index in [1.165, 1.54) is 21.5 Å². The standard InChI is InChI=1S/C21H22N4O3S/c1-14-15(2)29-21(19(14)20(27)17-7-4-8-18(10-17)28-3)24(13-26)25(22)12-16-6-5-9-23-11-16/h4-11,13H,12,22H2,1-3H3. The summed E-state index contributed by atoms with van der Waals surface area (Å²) in [6.07, 6.45) is 3.96. The summed E-state index contributed by atoms with van der Waals surface area (Å²) in [5.74, 6) is 6.58. The van der Waals surface area contributed by atoms with Crippen LogP contribution in [0.25, 0.3) is 0 Å². The van der Waals surface area contributed by atoms with Crippen LogP contribution in [0.15, 0.2) is 48.8 Å². The van der Waals surface area contributed by atoms with Gasteiger partial charge in [-0.25, -0.2) is 10.9 Å². The number of benzene rings is 1. The van der Waals surface area contributed by atoms with Crippen LogP contribution in [0.1, 0.15) is 31.9 Å². The van der Waals surface area contributed by atoms with Crippen LogP contribution in [-0.2, 0) is 11.3 Å². The third kappa shape index (κ3) is 4.34. The molecule has 0 radical (unpaired) electrons. The van der Waals surface area contributed by atoms with Gasteiger partial charge >= 0.3 is 0 Å². The van der Waals surface area contributed by atoms with E-state index in [-0.39, 0.29) is 12.3 Å². The number of carbonyl (C=O) groups excluding carboxylic acids is 2. The summed E-state index contributed by atoms with van der Waals surface area (Å²) in [4.78, 5) is 30.2. The predicted octanol–water partition coefficient (Wildman–Crippen LogP) is 3.25. The highest BCUT2D eigenvalue weighted by Gasteiger charge is 2.27.